The van der Waals surface area contributed by atoms with E-state index in [0.29, 0.717) is 6.54 Å². The number of methoxy groups -OCH3 is 2. The average Bonchev–Trinajstić information content (AvgIpc) is 2.46. The Balaban J connectivity index is 2.68. The Hall–Kier alpha value is -2.07. The van der Waals surface area contributed by atoms with E-state index in [1.807, 2.05) is 30.3 Å². The summed E-state index contributed by atoms with van der Waals surface area (Å²) >= 11 is 0. The van der Waals surface area contributed by atoms with Gasteiger partial charge < -0.3 is 15.2 Å². The van der Waals surface area contributed by atoms with Crippen molar-refractivity contribution in [3.8, 4) is 22.8 Å². The predicted molar refractivity (Wildman–Crippen MR) is 70.7 cm³/mol. The first-order valence-electron chi connectivity index (χ1n) is 5.67. The minimum atomic E-state index is 0.421. The van der Waals surface area contributed by atoms with Gasteiger partial charge in [-0.25, -0.2) is 0 Å². The lowest BCUT2D eigenvalue weighted by Crippen LogP contribution is -2.02. The van der Waals surface area contributed by atoms with E-state index in [1.54, 1.807) is 20.4 Å². The lowest BCUT2D eigenvalue weighted by molar-refractivity contribution is 0.397. The molecule has 1 heterocycles. The third kappa shape index (κ3) is 2.15. The summed E-state index contributed by atoms with van der Waals surface area (Å²) in [7, 11) is 3.26. The molecule has 94 valence electrons. The third-order valence-corrected chi connectivity index (χ3v) is 2.78. The van der Waals surface area contributed by atoms with Crippen molar-refractivity contribution in [3.63, 3.8) is 0 Å². The first-order valence-corrected chi connectivity index (χ1v) is 5.67. The second kappa shape index (κ2) is 5.51. The van der Waals surface area contributed by atoms with E-state index in [4.69, 9.17) is 15.2 Å². The van der Waals surface area contributed by atoms with Crippen molar-refractivity contribution in [1.82, 2.24) is 4.98 Å². The van der Waals surface area contributed by atoms with Gasteiger partial charge in [0.2, 0.25) is 0 Å². The molecule has 0 aliphatic carbocycles. The number of hydrogen-bond acceptors (Lipinski definition) is 4. The molecule has 0 saturated carbocycles. The Morgan fingerprint density at radius 1 is 1.06 bits per heavy atom. The van der Waals surface area contributed by atoms with E-state index in [2.05, 4.69) is 4.98 Å². The highest BCUT2D eigenvalue weighted by Crippen LogP contribution is 2.38. The van der Waals surface area contributed by atoms with Crippen molar-refractivity contribution in [1.29, 1.82) is 0 Å². The molecule has 18 heavy (non-hydrogen) atoms. The largest absolute Gasteiger partial charge is 0.496 e. The van der Waals surface area contributed by atoms with Gasteiger partial charge >= 0.3 is 0 Å². The summed E-state index contributed by atoms with van der Waals surface area (Å²) in [5.74, 6) is 1.45. The van der Waals surface area contributed by atoms with Gasteiger partial charge in [0.05, 0.1) is 25.5 Å². The van der Waals surface area contributed by atoms with Crippen LogP contribution in [0.25, 0.3) is 11.3 Å². The minimum Gasteiger partial charge on any atom is -0.496 e. The fourth-order valence-electron chi connectivity index (χ4n) is 1.91. The molecule has 4 nitrogen and oxygen atoms in total. The number of aromatic nitrogens is 1. The van der Waals surface area contributed by atoms with Crippen molar-refractivity contribution in [2.24, 2.45) is 5.73 Å². The predicted octanol–water partition coefficient (Wildman–Crippen LogP) is 2.22. The fourth-order valence-corrected chi connectivity index (χ4v) is 1.91. The Morgan fingerprint density at radius 2 is 1.72 bits per heavy atom. The Kier molecular flexibility index (Phi) is 3.79. The molecule has 4 heteroatoms. The van der Waals surface area contributed by atoms with E-state index in [9.17, 15) is 0 Å². The number of hydrogen-bond donors (Lipinski definition) is 1. The smallest absolute Gasteiger partial charge is 0.132 e. The SMILES string of the molecule is COc1cccc(OC)c1-c1ncccc1CN. The van der Waals surface area contributed by atoms with E-state index in [-0.39, 0.29) is 0 Å². The molecule has 1 aromatic carbocycles. The number of pyridine rings is 1. The molecule has 0 radical (unpaired) electrons. The van der Waals surface area contributed by atoms with E-state index >= 15 is 0 Å². The van der Waals surface area contributed by atoms with Crippen LogP contribution in [0.1, 0.15) is 5.56 Å². The fraction of sp³-hybridized carbons (Fsp3) is 0.214. The van der Waals surface area contributed by atoms with Crippen molar-refractivity contribution in [2.75, 3.05) is 14.2 Å². The molecule has 0 saturated heterocycles. The summed E-state index contributed by atoms with van der Waals surface area (Å²) < 4.78 is 10.8. The molecule has 0 aliphatic rings. The summed E-state index contributed by atoms with van der Waals surface area (Å²) in [6.07, 6.45) is 1.74. The maximum absolute atomic E-state index is 5.75. The monoisotopic (exact) mass is 244 g/mol. The first kappa shape index (κ1) is 12.4. The molecule has 0 bridgehead atoms. The standard InChI is InChI=1S/C14H16N2O2/c1-17-11-6-3-7-12(18-2)13(11)14-10(9-15)5-4-8-16-14/h3-8H,9,15H2,1-2H3. The van der Waals surface area contributed by atoms with E-state index in [1.165, 1.54) is 0 Å². The number of benzene rings is 1. The van der Waals surface area contributed by atoms with Crippen LogP contribution in [0.3, 0.4) is 0 Å². The third-order valence-electron chi connectivity index (χ3n) is 2.78. The van der Waals surface area contributed by atoms with Crippen molar-refractivity contribution < 1.29 is 9.47 Å². The second-order valence-electron chi connectivity index (χ2n) is 3.75. The van der Waals surface area contributed by atoms with Gasteiger partial charge in [-0.3, -0.25) is 4.98 Å². The van der Waals surface area contributed by atoms with Crippen LogP contribution < -0.4 is 15.2 Å². The molecule has 2 N–H and O–H groups in total. The van der Waals surface area contributed by atoms with Gasteiger partial charge in [0.1, 0.15) is 11.5 Å². The molecule has 0 aliphatic heterocycles. The van der Waals surface area contributed by atoms with E-state index in [0.717, 1.165) is 28.3 Å². The van der Waals surface area contributed by atoms with Crippen LogP contribution in [0.15, 0.2) is 36.5 Å². The second-order valence-corrected chi connectivity index (χ2v) is 3.75. The van der Waals surface area contributed by atoms with Gasteiger partial charge in [-0.05, 0) is 23.8 Å². The first-order chi connectivity index (χ1) is 8.81. The number of nitrogens with zero attached hydrogens (tertiary/aromatic N) is 1. The van der Waals surface area contributed by atoms with Crippen LogP contribution in [-0.2, 0) is 6.54 Å². The van der Waals surface area contributed by atoms with Crippen molar-refractivity contribution in [3.05, 3.63) is 42.1 Å². The number of ether oxygens (including phenoxy) is 2. The molecule has 1 aromatic heterocycles. The van der Waals surface area contributed by atoms with Crippen LogP contribution in [0.4, 0.5) is 0 Å². The van der Waals surface area contributed by atoms with Crippen molar-refractivity contribution in [2.45, 2.75) is 6.54 Å². The molecule has 0 unspecified atom stereocenters. The summed E-state index contributed by atoms with van der Waals surface area (Å²) in [5.41, 5.74) is 8.34. The molecule has 2 aromatic rings. The minimum absolute atomic E-state index is 0.421. The van der Waals surface area contributed by atoms with Gasteiger partial charge in [0, 0.05) is 12.7 Å². The molecule has 0 spiro atoms. The maximum Gasteiger partial charge on any atom is 0.132 e. The topological polar surface area (TPSA) is 57.4 Å². The zero-order chi connectivity index (χ0) is 13.0. The Bertz CT molecular complexity index is 519. The average molecular weight is 244 g/mol. The summed E-state index contributed by atoms with van der Waals surface area (Å²) in [6.45, 7) is 0.421. The van der Waals surface area contributed by atoms with Crippen molar-refractivity contribution >= 4 is 0 Å². The molecule has 0 amide bonds. The van der Waals surface area contributed by atoms with Gasteiger partial charge in [-0.15, -0.1) is 0 Å². The zero-order valence-electron chi connectivity index (χ0n) is 10.5. The number of rotatable bonds is 4. The molecule has 2 rings (SSSR count). The van der Waals surface area contributed by atoms with Crippen LogP contribution in [0.5, 0.6) is 11.5 Å². The maximum atomic E-state index is 5.75. The van der Waals surface area contributed by atoms with Gasteiger partial charge in [-0.2, -0.15) is 0 Å². The van der Waals surface area contributed by atoms with Gasteiger partial charge in [0.15, 0.2) is 0 Å². The van der Waals surface area contributed by atoms with E-state index < -0.39 is 0 Å². The van der Waals surface area contributed by atoms with Crippen LogP contribution in [0.2, 0.25) is 0 Å². The molecule has 0 fully saturated rings. The summed E-state index contributed by atoms with van der Waals surface area (Å²) in [5, 5.41) is 0. The lowest BCUT2D eigenvalue weighted by Gasteiger charge is -2.14. The Morgan fingerprint density at radius 3 is 2.28 bits per heavy atom. The quantitative estimate of drug-likeness (QED) is 0.896. The van der Waals surface area contributed by atoms with Gasteiger partial charge in [-0.1, -0.05) is 12.1 Å². The van der Waals surface area contributed by atoms with Crippen LogP contribution in [0, 0.1) is 0 Å². The lowest BCUT2D eigenvalue weighted by atomic mass is 10.0. The van der Waals surface area contributed by atoms with Crippen LogP contribution >= 0.6 is 0 Å². The normalized spacial score (nSPS) is 10.2. The van der Waals surface area contributed by atoms with Gasteiger partial charge in [0.25, 0.3) is 0 Å². The number of nitrogens with two attached hydrogens (primary N) is 1. The zero-order valence-corrected chi connectivity index (χ0v) is 10.5. The molecular formula is C14H16N2O2. The summed E-state index contributed by atoms with van der Waals surface area (Å²) in [4.78, 5) is 4.40. The highest BCUT2D eigenvalue weighted by Gasteiger charge is 2.15. The van der Waals surface area contributed by atoms with Crippen LogP contribution in [-0.4, -0.2) is 19.2 Å². The highest BCUT2D eigenvalue weighted by atomic mass is 16.5. The molecular weight excluding hydrogens is 228 g/mol. The Labute approximate surface area is 106 Å². The highest BCUT2D eigenvalue weighted by molar-refractivity contribution is 5.76. The summed E-state index contributed by atoms with van der Waals surface area (Å²) in [6, 6.07) is 9.47. The molecule has 0 atom stereocenters.